The first kappa shape index (κ1) is 7.55. The third-order valence-corrected chi connectivity index (χ3v) is 6.00. The molecule has 0 atom stereocenters. The summed E-state index contributed by atoms with van der Waals surface area (Å²) < 4.78 is 177. The van der Waals surface area contributed by atoms with Gasteiger partial charge in [-0.25, -0.2) is 0 Å². The molecule has 0 aliphatic rings. The van der Waals surface area contributed by atoms with Crippen LogP contribution in [0, 0.1) is 0 Å². The molecule has 0 heterocycles. The van der Waals surface area contributed by atoms with Gasteiger partial charge in [0.1, 0.15) is 0 Å². The van der Waals surface area contributed by atoms with Gasteiger partial charge in [0, 0.05) is 0 Å². The lowest BCUT2D eigenvalue weighted by atomic mass is 9.85. The molecule has 8 aromatic carbocycles. The molecule has 0 N–H and O–H groups in total. The van der Waals surface area contributed by atoms with Crippen molar-refractivity contribution in [3.05, 3.63) is 121 Å². The lowest BCUT2D eigenvalue weighted by Crippen LogP contribution is -1.91. The highest BCUT2D eigenvalue weighted by Crippen LogP contribution is 2.45. The maximum Gasteiger partial charge on any atom is 0.0636 e. The molecule has 0 fully saturated rings. The molecule has 0 saturated carbocycles. The van der Waals surface area contributed by atoms with Gasteiger partial charge < -0.3 is 0 Å². The Morgan fingerprint density at radius 3 is 1.79 bits per heavy atom. The Kier molecular flexibility index (Phi) is 1.46. The van der Waals surface area contributed by atoms with Crippen molar-refractivity contribution in [1.29, 1.82) is 0 Å². The summed E-state index contributed by atoms with van der Waals surface area (Å²) in [5, 5.41) is -4.86. The van der Waals surface area contributed by atoms with Gasteiger partial charge in [0.2, 0.25) is 0 Å². The smallest absolute Gasteiger partial charge is 0.0616 e. The molecule has 8 rings (SSSR count). The molecule has 0 nitrogen and oxygen atoms in total. The van der Waals surface area contributed by atoms with E-state index >= 15 is 0 Å². The standard InChI is InChI=1S/C34H20/c1-3-10-27-21(6-1)12-15-26-20-25-7-2-4-11-28(25)34(33(26)27)30-19-17-24-14-13-22-8-5-9-23-16-18-29(30)32(24)31(22)23/h1-20H/i1D,2D,3D,4D,5D,6D,7D,8D,9D,10D,11D,12D,13D,14D,15D,16D,17D,18D,19D,20D. The van der Waals surface area contributed by atoms with E-state index in [0.717, 1.165) is 0 Å². The first-order chi connectivity index (χ1) is 25.2. The Morgan fingerprint density at radius 2 is 0.941 bits per heavy atom. The molecule has 0 spiro atoms. The molecule has 0 saturated heterocycles. The van der Waals surface area contributed by atoms with Crippen molar-refractivity contribution < 1.29 is 27.4 Å². The van der Waals surface area contributed by atoms with Crippen LogP contribution in [0.1, 0.15) is 27.4 Å². The maximum atomic E-state index is 9.45. The molecular formula is C34H20. The lowest BCUT2D eigenvalue weighted by molar-refractivity contribution is 1.73. The highest BCUT2D eigenvalue weighted by Gasteiger charge is 2.17. The van der Waals surface area contributed by atoms with Gasteiger partial charge in [-0.05, 0) is 81.8 Å². The minimum absolute atomic E-state index is 0.211. The minimum atomic E-state index is -0.822. The van der Waals surface area contributed by atoms with Crippen LogP contribution in [0.3, 0.4) is 0 Å². The molecule has 0 aliphatic heterocycles. The molecule has 0 heteroatoms. The predicted molar refractivity (Wildman–Crippen MR) is 148 cm³/mol. The molecule has 156 valence electrons. The zero-order valence-electron chi connectivity index (χ0n) is 37.0. The zero-order chi connectivity index (χ0) is 39.6. The van der Waals surface area contributed by atoms with Gasteiger partial charge in [0.15, 0.2) is 0 Å². The summed E-state index contributed by atoms with van der Waals surface area (Å²) in [6, 6.07) is -14.8. The number of benzene rings is 8. The van der Waals surface area contributed by atoms with Gasteiger partial charge in [0.25, 0.3) is 0 Å². The third kappa shape index (κ3) is 2.32. The lowest BCUT2D eigenvalue weighted by Gasteiger charge is -2.18. The van der Waals surface area contributed by atoms with Crippen LogP contribution in [0.2, 0.25) is 0 Å². The van der Waals surface area contributed by atoms with E-state index in [9.17, 15) is 5.48 Å². The second kappa shape index (κ2) is 6.56. The summed E-state index contributed by atoms with van der Waals surface area (Å²) in [5.74, 6) is 0. The van der Waals surface area contributed by atoms with E-state index in [0.29, 0.717) is 0 Å². The first-order valence-electron chi connectivity index (χ1n) is 20.2. The van der Waals surface area contributed by atoms with Crippen LogP contribution in [0.5, 0.6) is 0 Å². The van der Waals surface area contributed by atoms with Crippen molar-refractivity contribution in [3.8, 4) is 11.1 Å². The molecule has 8 aromatic rings. The van der Waals surface area contributed by atoms with Gasteiger partial charge in [-0.1, -0.05) is 115 Å². The molecule has 0 unspecified atom stereocenters. The van der Waals surface area contributed by atoms with Crippen LogP contribution < -0.4 is 0 Å². The predicted octanol–water partition coefficient (Wildman–Crippen LogP) is 9.71. The van der Waals surface area contributed by atoms with Crippen molar-refractivity contribution in [2.24, 2.45) is 0 Å². The van der Waals surface area contributed by atoms with E-state index in [2.05, 4.69) is 0 Å². The van der Waals surface area contributed by atoms with E-state index < -0.39 is 170 Å². The minimum Gasteiger partial charge on any atom is -0.0616 e. The van der Waals surface area contributed by atoms with Crippen LogP contribution in [-0.4, -0.2) is 0 Å². The Morgan fingerprint density at radius 1 is 0.353 bits per heavy atom. The van der Waals surface area contributed by atoms with Crippen molar-refractivity contribution >= 4 is 64.6 Å². The Hall–Kier alpha value is -4.42. The molecule has 0 aromatic heterocycles. The fraction of sp³-hybridized carbons (Fsp3) is 0. The molecule has 0 aliphatic carbocycles. The molecule has 0 bridgehead atoms. The summed E-state index contributed by atoms with van der Waals surface area (Å²) in [4.78, 5) is 0. The van der Waals surface area contributed by atoms with E-state index in [1.54, 1.807) is 0 Å². The first-order valence-corrected chi connectivity index (χ1v) is 10.2. The molecule has 0 radical (unpaired) electrons. The number of hydrogen-bond acceptors (Lipinski definition) is 0. The Bertz CT molecular complexity index is 3120. The largest absolute Gasteiger partial charge is 0.0636 e. The average Bonchev–Trinajstić information content (AvgIpc) is 3.13. The molecule has 34 heavy (non-hydrogen) atoms. The summed E-state index contributed by atoms with van der Waals surface area (Å²) in [6.45, 7) is 0. The Labute approximate surface area is 225 Å². The monoisotopic (exact) mass is 448 g/mol. The van der Waals surface area contributed by atoms with Crippen LogP contribution in [-0.2, 0) is 0 Å². The maximum absolute atomic E-state index is 9.45. The summed E-state index contributed by atoms with van der Waals surface area (Å²) in [5.41, 5.74) is -1.00. The van der Waals surface area contributed by atoms with Crippen molar-refractivity contribution in [3.63, 3.8) is 0 Å². The van der Waals surface area contributed by atoms with E-state index in [1.165, 1.54) is 0 Å². The SMILES string of the molecule is [2H]c1c([2H])c([2H])c2c(-c3c([2H])c([2H])c4c([2H])c([2H])c5c([2H])c([2H])c([2H])c6c([2H])c([2H])c3c4c56)c3c(c([2H])c([2H])c4c([2H])c([2H])c([2H])c([2H])c43)c([2H])c2c1[2H]. The van der Waals surface area contributed by atoms with Crippen LogP contribution >= 0.6 is 0 Å². The van der Waals surface area contributed by atoms with Gasteiger partial charge in [-0.3, -0.25) is 0 Å². The second-order valence-electron chi connectivity index (χ2n) is 7.75. The van der Waals surface area contributed by atoms with Gasteiger partial charge in [-0.2, -0.15) is 0 Å². The van der Waals surface area contributed by atoms with Crippen LogP contribution in [0.4, 0.5) is 0 Å². The van der Waals surface area contributed by atoms with Crippen molar-refractivity contribution in [2.45, 2.75) is 0 Å². The number of fused-ring (bicyclic) bond motifs is 4. The third-order valence-electron chi connectivity index (χ3n) is 6.00. The zero-order valence-corrected chi connectivity index (χ0v) is 17.0. The van der Waals surface area contributed by atoms with Crippen molar-refractivity contribution in [2.75, 3.05) is 0 Å². The van der Waals surface area contributed by atoms with Gasteiger partial charge in [-0.15, -0.1) is 0 Å². The van der Waals surface area contributed by atoms with Crippen molar-refractivity contribution in [1.82, 2.24) is 0 Å². The van der Waals surface area contributed by atoms with Crippen LogP contribution in [0.25, 0.3) is 75.8 Å². The van der Waals surface area contributed by atoms with E-state index in [-0.39, 0.29) is 26.9 Å². The average molecular weight is 449 g/mol. The van der Waals surface area contributed by atoms with Gasteiger partial charge in [0.05, 0.1) is 27.4 Å². The number of hydrogen-bond donors (Lipinski definition) is 0. The van der Waals surface area contributed by atoms with Gasteiger partial charge >= 0.3 is 0 Å². The molecular weight excluding hydrogens is 408 g/mol. The summed E-state index contributed by atoms with van der Waals surface area (Å²) in [7, 11) is 0. The molecule has 0 amide bonds. The second-order valence-corrected chi connectivity index (χ2v) is 7.75. The fourth-order valence-electron chi connectivity index (χ4n) is 4.59. The van der Waals surface area contributed by atoms with E-state index in [4.69, 9.17) is 21.9 Å². The topological polar surface area (TPSA) is 0 Å². The van der Waals surface area contributed by atoms with E-state index in [1.807, 2.05) is 0 Å². The summed E-state index contributed by atoms with van der Waals surface area (Å²) >= 11 is 0. The highest BCUT2D eigenvalue weighted by molar-refractivity contribution is 6.29. The quantitative estimate of drug-likeness (QED) is 0.173. The summed E-state index contributed by atoms with van der Waals surface area (Å²) in [6.07, 6.45) is 0. The fourth-order valence-corrected chi connectivity index (χ4v) is 4.59. The van der Waals surface area contributed by atoms with Crippen LogP contribution in [0.15, 0.2) is 121 Å². The number of rotatable bonds is 1. The Balaban J connectivity index is 1.88. The normalized spacial score (nSPS) is 20.4. The highest BCUT2D eigenvalue weighted by atomic mass is 14.2.